The molecular weight excluding hydrogens is 390 g/mol. The number of thioether (sulfide) groups is 1. The molecule has 0 aliphatic carbocycles. The van der Waals surface area contributed by atoms with Gasteiger partial charge in [-0.15, -0.1) is 11.8 Å². The molecule has 2 rings (SSSR count). The summed E-state index contributed by atoms with van der Waals surface area (Å²) in [6.07, 6.45) is 0.801. The van der Waals surface area contributed by atoms with Crippen molar-refractivity contribution in [2.24, 2.45) is 0 Å². The smallest absolute Gasteiger partial charge is 0.276 e. The van der Waals surface area contributed by atoms with Gasteiger partial charge < -0.3 is 10.1 Å². The van der Waals surface area contributed by atoms with E-state index in [0.717, 1.165) is 16.9 Å². The average molecular weight is 416 g/mol. The number of anilines is 1. The summed E-state index contributed by atoms with van der Waals surface area (Å²) in [4.78, 5) is 36.0. The third-order valence-electron chi connectivity index (χ3n) is 3.89. The van der Waals surface area contributed by atoms with Crippen LogP contribution in [0.15, 0.2) is 53.4 Å². The minimum atomic E-state index is -0.443. The quantitative estimate of drug-likeness (QED) is 0.455. The molecule has 0 aliphatic rings. The lowest BCUT2D eigenvalue weighted by Crippen LogP contribution is -2.46. The molecule has 154 valence electrons. The zero-order valence-electron chi connectivity index (χ0n) is 16.7. The summed E-state index contributed by atoms with van der Waals surface area (Å²) in [5.41, 5.74) is 6.48. The van der Waals surface area contributed by atoms with Crippen LogP contribution in [0.3, 0.4) is 0 Å². The number of hydrogen-bond donors (Lipinski definition) is 3. The van der Waals surface area contributed by atoms with Crippen molar-refractivity contribution in [3.8, 4) is 5.75 Å². The Hall–Kier alpha value is -3.00. The predicted molar refractivity (Wildman–Crippen MR) is 114 cm³/mol. The van der Waals surface area contributed by atoms with Crippen LogP contribution in [0, 0.1) is 0 Å². The molecule has 1 unspecified atom stereocenters. The summed E-state index contributed by atoms with van der Waals surface area (Å²) >= 11 is 1.34. The molecule has 0 fully saturated rings. The Labute approximate surface area is 174 Å². The second-order valence-electron chi connectivity index (χ2n) is 6.25. The molecule has 2 aromatic rings. The van der Waals surface area contributed by atoms with Crippen molar-refractivity contribution in [1.29, 1.82) is 0 Å². The molecule has 0 saturated heterocycles. The third kappa shape index (κ3) is 7.50. The molecule has 0 saturated carbocycles. The molecule has 3 N–H and O–H groups in total. The van der Waals surface area contributed by atoms with E-state index in [4.69, 9.17) is 4.74 Å². The Morgan fingerprint density at radius 1 is 1.03 bits per heavy atom. The van der Waals surface area contributed by atoms with E-state index in [1.54, 1.807) is 25.1 Å². The van der Waals surface area contributed by atoms with Gasteiger partial charge in [0.05, 0.1) is 5.25 Å². The largest absolute Gasteiger partial charge is 0.483 e. The van der Waals surface area contributed by atoms with E-state index in [0.29, 0.717) is 11.4 Å². The summed E-state index contributed by atoms with van der Waals surface area (Å²) in [6.45, 7) is 5.00. The summed E-state index contributed by atoms with van der Waals surface area (Å²) in [5, 5.41) is 2.26. The van der Waals surface area contributed by atoms with Gasteiger partial charge in [0.2, 0.25) is 5.91 Å². The van der Waals surface area contributed by atoms with Gasteiger partial charge in [-0.3, -0.25) is 25.2 Å². The zero-order valence-corrected chi connectivity index (χ0v) is 17.5. The van der Waals surface area contributed by atoms with E-state index in [-0.39, 0.29) is 18.4 Å². The van der Waals surface area contributed by atoms with Gasteiger partial charge in [-0.05, 0) is 49.2 Å². The molecule has 2 aromatic carbocycles. The molecule has 0 heterocycles. The number of rotatable bonds is 8. The summed E-state index contributed by atoms with van der Waals surface area (Å²) < 4.78 is 5.52. The van der Waals surface area contributed by atoms with E-state index in [1.807, 2.05) is 37.3 Å². The Morgan fingerprint density at radius 3 is 2.38 bits per heavy atom. The molecule has 0 aliphatic heterocycles. The van der Waals surface area contributed by atoms with Crippen LogP contribution in [0.1, 0.15) is 26.3 Å². The van der Waals surface area contributed by atoms with E-state index in [9.17, 15) is 14.4 Å². The Morgan fingerprint density at radius 2 is 1.72 bits per heavy atom. The lowest BCUT2D eigenvalue weighted by molar-refractivity contribution is -0.129. The average Bonchev–Trinajstić information content (AvgIpc) is 2.71. The minimum absolute atomic E-state index is 0.143. The van der Waals surface area contributed by atoms with Crippen molar-refractivity contribution in [3.05, 3.63) is 54.1 Å². The molecule has 8 heteroatoms. The predicted octanol–water partition coefficient (Wildman–Crippen LogP) is 2.91. The monoisotopic (exact) mass is 415 g/mol. The fourth-order valence-corrected chi connectivity index (χ4v) is 3.29. The van der Waals surface area contributed by atoms with Crippen molar-refractivity contribution in [1.82, 2.24) is 10.9 Å². The summed E-state index contributed by atoms with van der Waals surface area (Å²) in [5.74, 6) is -0.261. The highest BCUT2D eigenvalue weighted by molar-refractivity contribution is 8.00. The zero-order chi connectivity index (χ0) is 21.2. The first-order valence-corrected chi connectivity index (χ1v) is 10.1. The van der Waals surface area contributed by atoms with Crippen LogP contribution in [0.25, 0.3) is 0 Å². The first-order valence-electron chi connectivity index (χ1n) is 9.22. The van der Waals surface area contributed by atoms with Crippen molar-refractivity contribution in [2.75, 3.05) is 11.9 Å². The third-order valence-corrected chi connectivity index (χ3v) is 5.01. The van der Waals surface area contributed by atoms with Crippen LogP contribution < -0.4 is 20.9 Å². The lowest BCUT2D eigenvalue weighted by atomic mass is 10.1. The normalized spacial score (nSPS) is 11.3. The molecule has 7 nitrogen and oxygen atoms in total. The first-order chi connectivity index (χ1) is 13.9. The molecule has 0 radical (unpaired) electrons. The number of carbonyl (C=O) groups excluding carboxylic acids is 3. The highest BCUT2D eigenvalue weighted by atomic mass is 32.2. The maximum Gasteiger partial charge on any atom is 0.276 e. The van der Waals surface area contributed by atoms with Crippen molar-refractivity contribution >= 4 is 35.2 Å². The fourth-order valence-electron chi connectivity index (χ4n) is 2.43. The van der Waals surface area contributed by atoms with Gasteiger partial charge in [0.25, 0.3) is 11.8 Å². The number of carbonyl (C=O) groups is 3. The highest BCUT2D eigenvalue weighted by Crippen LogP contribution is 2.24. The molecule has 1 atom stereocenters. The summed E-state index contributed by atoms with van der Waals surface area (Å²) in [7, 11) is 0. The van der Waals surface area contributed by atoms with Crippen LogP contribution >= 0.6 is 11.8 Å². The van der Waals surface area contributed by atoms with E-state index < -0.39 is 11.2 Å². The Balaban J connectivity index is 1.76. The SMILES string of the molecule is CCc1ccccc1OCC(=O)NNC(=O)C(C)Sc1ccc(NC(C)=O)cc1. The molecule has 0 aromatic heterocycles. The van der Waals surface area contributed by atoms with Crippen molar-refractivity contribution < 1.29 is 19.1 Å². The number of ether oxygens (including phenoxy) is 1. The molecule has 29 heavy (non-hydrogen) atoms. The maximum atomic E-state index is 12.2. The molecule has 0 spiro atoms. The maximum absolute atomic E-state index is 12.2. The first kappa shape index (κ1) is 22.3. The molecule has 3 amide bonds. The highest BCUT2D eigenvalue weighted by Gasteiger charge is 2.15. The van der Waals surface area contributed by atoms with Gasteiger partial charge in [-0.2, -0.15) is 0 Å². The Kier molecular flexibility index (Phi) is 8.54. The van der Waals surface area contributed by atoms with E-state index in [2.05, 4.69) is 16.2 Å². The fraction of sp³-hybridized carbons (Fsp3) is 0.286. The lowest BCUT2D eigenvalue weighted by Gasteiger charge is -2.14. The van der Waals surface area contributed by atoms with Gasteiger partial charge in [0.15, 0.2) is 6.61 Å². The van der Waals surface area contributed by atoms with Gasteiger partial charge >= 0.3 is 0 Å². The number of hydrazine groups is 1. The van der Waals surface area contributed by atoms with Gasteiger partial charge in [-0.1, -0.05) is 25.1 Å². The van der Waals surface area contributed by atoms with Crippen LogP contribution in [-0.2, 0) is 20.8 Å². The second-order valence-corrected chi connectivity index (χ2v) is 7.67. The molecular formula is C21H25N3O4S. The van der Waals surface area contributed by atoms with Crippen LogP contribution in [0.4, 0.5) is 5.69 Å². The van der Waals surface area contributed by atoms with Crippen LogP contribution in [0.5, 0.6) is 5.75 Å². The topological polar surface area (TPSA) is 96.5 Å². The standard InChI is InChI=1S/C21H25N3O4S/c1-4-16-7-5-6-8-19(16)28-13-20(26)23-24-21(27)14(2)29-18-11-9-17(10-12-18)22-15(3)25/h5-12,14H,4,13H2,1-3H3,(H,22,25)(H,23,26)(H,24,27). The Bertz CT molecular complexity index is 855. The number of amides is 3. The van der Waals surface area contributed by atoms with E-state index >= 15 is 0 Å². The number of aryl methyl sites for hydroxylation is 1. The minimum Gasteiger partial charge on any atom is -0.483 e. The summed E-state index contributed by atoms with van der Waals surface area (Å²) in [6, 6.07) is 14.7. The van der Waals surface area contributed by atoms with Gasteiger partial charge in [-0.25, -0.2) is 0 Å². The number of hydrogen-bond acceptors (Lipinski definition) is 5. The number of benzene rings is 2. The van der Waals surface area contributed by atoms with Gasteiger partial charge in [0, 0.05) is 17.5 Å². The van der Waals surface area contributed by atoms with E-state index in [1.165, 1.54) is 18.7 Å². The van der Waals surface area contributed by atoms with Crippen LogP contribution in [-0.4, -0.2) is 29.6 Å². The number of nitrogens with one attached hydrogen (secondary N) is 3. The molecule has 0 bridgehead atoms. The number of para-hydroxylation sites is 1. The van der Waals surface area contributed by atoms with Gasteiger partial charge in [0.1, 0.15) is 5.75 Å². The van der Waals surface area contributed by atoms with Crippen molar-refractivity contribution in [2.45, 2.75) is 37.3 Å². The van der Waals surface area contributed by atoms with Crippen LogP contribution in [0.2, 0.25) is 0 Å². The van der Waals surface area contributed by atoms with Crippen molar-refractivity contribution in [3.63, 3.8) is 0 Å². The second kappa shape index (κ2) is 11.1.